The molecule has 13 nitrogen and oxygen atoms in total. The van der Waals surface area contributed by atoms with Gasteiger partial charge in [-0.3, -0.25) is 14.4 Å². The van der Waals surface area contributed by atoms with E-state index in [1.165, 1.54) is 37.8 Å². The van der Waals surface area contributed by atoms with Crippen LogP contribution in [0.5, 0.6) is 5.75 Å². The van der Waals surface area contributed by atoms with E-state index < -0.39 is 0 Å². The number of hydrogen-bond donors (Lipinski definition) is 2. The van der Waals surface area contributed by atoms with Gasteiger partial charge in [-0.1, -0.05) is 54.6 Å². The van der Waals surface area contributed by atoms with E-state index in [1.807, 2.05) is 60.5 Å². The van der Waals surface area contributed by atoms with Crippen molar-refractivity contribution in [2.75, 3.05) is 13.7 Å². The fraction of sp³-hybridized carbons (Fsp3) is 0.391. The van der Waals surface area contributed by atoms with Gasteiger partial charge in [0.25, 0.3) is 17.7 Å². The zero-order valence-corrected chi connectivity index (χ0v) is 36.0. The van der Waals surface area contributed by atoms with Crippen molar-refractivity contribution in [3.63, 3.8) is 0 Å². The molecule has 61 heavy (non-hydrogen) atoms. The van der Waals surface area contributed by atoms with Crippen LogP contribution in [-0.2, 0) is 0 Å². The number of rotatable bonds is 10. The van der Waals surface area contributed by atoms with Crippen LogP contribution in [0.3, 0.4) is 0 Å². The standard InChI is InChI=1S/C18H22N2O3.C14H15FN2O2.C14H16N2O2S/c1-12-5-4-6-13(2)20(12)18(21)16-11-17(23-19-16)14-7-9-15(22-3)10-8-14;1-9(2)8-16-14(18)12-7-13(19-17-12)10-3-5-11(15)6-4-10;17-14(15-10-5-2-1-3-6-10)11-9-12(18-16-11)13-7-4-8-19-13/h7-13H,4-6H2,1-3H3;3-7,9H,8H2,1-2H3,(H,16,18);4,7-10H,1-3,5-6H2,(H,15,17). The number of ether oxygens (including phenoxy) is 1. The fourth-order valence-corrected chi connectivity index (χ4v) is 7.84. The molecule has 4 aromatic heterocycles. The number of halogens is 1. The molecule has 0 spiro atoms. The van der Waals surface area contributed by atoms with Gasteiger partial charge in [-0.15, -0.1) is 11.3 Å². The maximum atomic E-state index is 12.8. The van der Waals surface area contributed by atoms with E-state index in [0.717, 1.165) is 41.9 Å². The van der Waals surface area contributed by atoms with Gasteiger partial charge >= 0.3 is 0 Å². The smallest absolute Gasteiger partial charge is 0.276 e. The highest BCUT2D eigenvalue weighted by atomic mass is 32.1. The Bertz CT molecular complexity index is 2290. The van der Waals surface area contributed by atoms with Gasteiger partial charge in [-0.05, 0) is 112 Å². The van der Waals surface area contributed by atoms with Crippen molar-refractivity contribution in [2.45, 2.75) is 97.2 Å². The number of thiophene rings is 1. The van der Waals surface area contributed by atoms with Crippen LogP contribution in [0.1, 0.15) is 111 Å². The Labute approximate surface area is 359 Å². The van der Waals surface area contributed by atoms with Gasteiger partial charge < -0.3 is 33.8 Å². The topological polar surface area (TPSA) is 166 Å². The summed E-state index contributed by atoms with van der Waals surface area (Å²) in [5.74, 6) is 2.07. The molecule has 1 saturated carbocycles. The number of amides is 3. The van der Waals surface area contributed by atoms with Gasteiger partial charge in [0.15, 0.2) is 34.4 Å². The maximum Gasteiger partial charge on any atom is 0.276 e. The van der Waals surface area contributed by atoms with E-state index in [0.29, 0.717) is 52.7 Å². The number of methoxy groups -OCH3 is 1. The van der Waals surface area contributed by atoms with Crippen LogP contribution in [0, 0.1) is 11.7 Å². The molecule has 2 atom stereocenters. The highest BCUT2D eigenvalue weighted by Crippen LogP contribution is 2.28. The second-order valence-corrected chi connectivity index (χ2v) is 16.6. The first-order valence-corrected chi connectivity index (χ1v) is 21.6. The molecule has 6 aromatic rings. The minimum Gasteiger partial charge on any atom is -0.497 e. The lowest BCUT2D eigenvalue weighted by atomic mass is 9.95. The van der Waals surface area contributed by atoms with Crippen molar-refractivity contribution in [3.8, 4) is 39.0 Å². The number of hydrogen-bond acceptors (Lipinski definition) is 11. The number of carbonyl (C=O) groups excluding carboxylic acids is 3. The third kappa shape index (κ3) is 12.2. The van der Waals surface area contributed by atoms with Crippen molar-refractivity contribution < 1.29 is 37.1 Å². The summed E-state index contributed by atoms with van der Waals surface area (Å²) in [5, 5.41) is 19.3. The summed E-state index contributed by atoms with van der Waals surface area (Å²) in [7, 11) is 1.63. The van der Waals surface area contributed by atoms with E-state index in [2.05, 4.69) is 40.0 Å². The monoisotopic (exact) mass is 852 g/mol. The van der Waals surface area contributed by atoms with Gasteiger partial charge in [0.05, 0.1) is 12.0 Å². The van der Waals surface area contributed by atoms with E-state index in [-0.39, 0.29) is 41.3 Å². The summed E-state index contributed by atoms with van der Waals surface area (Å²) >= 11 is 1.57. The molecule has 5 heterocycles. The van der Waals surface area contributed by atoms with E-state index in [1.54, 1.807) is 48.8 Å². The van der Waals surface area contributed by atoms with Crippen LogP contribution in [0.2, 0.25) is 0 Å². The molecular weight excluding hydrogens is 800 g/mol. The Balaban J connectivity index is 0.000000154. The van der Waals surface area contributed by atoms with Gasteiger partial charge in [-0.25, -0.2) is 4.39 Å². The number of aromatic nitrogens is 3. The minimum atomic E-state index is -0.321. The highest BCUT2D eigenvalue weighted by molar-refractivity contribution is 7.13. The molecule has 0 bridgehead atoms. The second kappa shape index (κ2) is 21.4. The lowest BCUT2D eigenvalue weighted by Crippen LogP contribution is -2.47. The van der Waals surface area contributed by atoms with Crippen LogP contribution in [0.25, 0.3) is 33.3 Å². The van der Waals surface area contributed by atoms with Crippen LogP contribution < -0.4 is 15.4 Å². The lowest BCUT2D eigenvalue weighted by molar-refractivity contribution is 0.0500. The second-order valence-electron chi connectivity index (χ2n) is 15.7. The summed E-state index contributed by atoms with van der Waals surface area (Å²) in [4.78, 5) is 39.5. The number of carbonyl (C=O) groups is 3. The lowest BCUT2D eigenvalue weighted by Gasteiger charge is -2.38. The van der Waals surface area contributed by atoms with Crippen LogP contribution in [0.4, 0.5) is 4.39 Å². The average molecular weight is 853 g/mol. The molecule has 15 heteroatoms. The van der Waals surface area contributed by atoms with Gasteiger partial charge in [0.2, 0.25) is 0 Å². The largest absolute Gasteiger partial charge is 0.497 e. The number of piperidine rings is 1. The molecule has 8 rings (SSSR count). The predicted octanol–water partition coefficient (Wildman–Crippen LogP) is 10.1. The summed E-state index contributed by atoms with van der Waals surface area (Å²) in [6.07, 6.45) is 9.07. The molecule has 2 fully saturated rings. The summed E-state index contributed by atoms with van der Waals surface area (Å²) in [6.45, 7) is 8.79. The molecule has 2 unspecified atom stereocenters. The number of likely N-dealkylation sites (tertiary alicyclic amines) is 1. The number of nitrogens with one attached hydrogen (secondary N) is 2. The Morgan fingerprint density at radius 1 is 0.754 bits per heavy atom. The predicted molar refractivity (Wildman–Crippen MR) is 231 cm³/mol. The van der Waals surface area contributed by atoms with Crippen molar-refractivity contribution in [1.82, 2.24) is 31.0 Å². The summed E-state index contributed by atoms with van der Waals surface area (Å²) in [6, 6.07) is 23.0. The normalized spacial score (nSPS) is 16.5. The van der Waals surface area contributed by atoms with Crippen molar-refractivity contribution >= 4 is 29.1 Å². The van der Waals surface area contributed by atoms with Gasteiger partial charge in [0.1, 0.15) is 11.6 Å². The van der Waals surface area contributed by atoms with E-state index in [9.17, 15) is 18.8 Å². The maximum absolute atomic E-state index is 12.8. The average Bonchev–Trinajstić information content (AvgIpc) is 4.12. The van der Waals surface area contributed by atoms with Crippen LogP contribution >= 0.6 is 11.3 Å². The molecule has 3 amide bonds. The van der Waals surface area contributed by atoms with Crippen LogP contribution in [-0.4, -0.2) is 69.9 Å². The molecule has 2 aromatic carbocycles. The first-order chi connectivity index (χ1) is 29.5. The first kappa shape index (κ1) is 44.5. The van der Waals surface area contributed by atoms with Gasteiger partial charge in [0, 0.05) is 54.0 Å². The third-order valence-corrected chi connectivity index (χ3v) is 11.4. The minimum absolute atomic E-state index is 0.0480. The molecule has 2 N–H and O–H groups in total. The van der Waals surface area contributed by atoms with Crippen molar-refractivity contribution in [2.24, 2.45) is 5.92 Å². The molecule has 1 aliphatic carbocycles. The summed E-state index contributed by atoms with van der Waals surface area (Å²) < 4.78 is 33.6. The van der Waals surface area contributed by atoms with Gasteiger partial charge in [-0.2, -0.15) is 0 Å². The van der Waals surface area contributed by atoms with E-state index >= 15 is 0 Å². The zero-order valence-electron chi connectivity index (χ0n) is 35.2. The van der Waals surface area contributed by atoms with E-state index in [4.69, 9.17) is 18.3 Å². The third-order valence-electron chi connectivity index (χ3n) is 10.5. The molecule has 1 aliphatic heterocycles. The Hall–Kier alpha value is -6.09. The Morgan fingerprint density at radius 2 is 1.31 bits per heavy atom. The van der Waals surface area contributed by atoms with Crippen molar-refractivity contribution in [1.29, 1.82) is 0 Å². The van der Waals surface area contributed by atoms with Crippen LogP contribution in [0.15, 0.2) is 97.8 Å². The molecular formula is C46H53FN6O7S. The molecule has 2 aliphatic rings. The fourth-order valence-electron chi connectivity index (χ4n) is 7.16. The number of benzene rings is 2. The van der Waals surface area contributed by atoms with Crippen molar-refractivity contribution in [3.05, 3.63) is 107 Å². The molecule has 322 valence electrons. The zero-order chi connectivity index (χ0) is 43.3. The Kier molecular flexibility index (Phi) is 15.6. The molecule has 0 radical (unpaired) electrons. The number of nitrogens with zero attached hydrogens (tertiary/aromatic N) is 4. The SMILES string of the molecule is CC(C)CNC(=O)c1cc(-c2ccc(F)cc2)on1.COc1ccc(-c2cc(C(=O)N3C(C)CCCC3C)no2)cc1.O=C(NC1CCCCC1)c1cc(-c2cccs2)on1. The molecule has 1 saturated heterocycles. The first-order valence-electron chi connectivity index (χ1n) is 20.7. The quantitative estimate of drug-likeness (QED) is 0.135. The Morgan fingerprint density at radius 3 is 1.90 bits per heavy atom. The summed E-state index contributed by atoms with van der Waals surface area (Å²) in [5.41, 5.74) is 2.51. The highest BCUT2D eigenvalue weighted by Gasteiger charge is 2.31.